The molecule has 2 rings (SSSR count). The Morgan fingerprint density at radius 2 is 1.95 bits per heavy atom. The molecule has 128 valence electrons. The third-order valence-electron chi connectivity index (χ3n) is 3.48. The molecule has 1 heterocycles. The Hall–Kier alpha value is -1.22. The van der Waals surface area contributed by atoms with Crippen LogP contribution in [0.25, 0.3) is 0 Å². The lowest BCUT2D eigenvalue weighted by atomic mass is 10.1. The van der Waals surface area contributed by atoms with Crippen molar-refractivity contribution in [3.8, 4) is 0 Å². The van der Waals surface area contributed by atoms with Gasteiger partial charge in [0.25, 0.3) is 0 Å². The third kappa shape index (κ3) is 11.4. The molecule has 1 atom stereocenters. The van der Waals surface area contributed by atoms with E-state index in [-0.39, 0.29) is 10.5 Å². The van der Waals surface area contributed by atoms with Crippen LogP contribution in [0.1, 0.15) is 51.7 Å². The highest BCUT2D eigenvalue weighted by atomic mass is 19.0. The number of benzene rings is 1. The van der Waals surface area contributed by atoms with Crippen LogP contribution < -0.4 is 0 Å². The molecule has 0 unspecified atom stereocenters. The van der Waals surface area contributed by atoms with E-state index in [1.54, 1.807) is 6.92 Å². The SMILES string of the molecule is CC.CC(=O)CCc1cccc(C)c1.C[C@H]1CCN(C)C1.F. The number of carbonyl (C=O) groups excluding carboxylic acids is 1. The summed E-state index contributed by atoms with van der Waals surface area (Å²) >= 11 is 0. The van der Waals surface area contributed by atoms with Gasteiger partial charge in [-0.1, -0.05) is 50.6 Å². The van der Waals surface area contributed by atoms with Crippen molar-refractivity contribution in [2.45, 2.75) is 53.9 Å². The van der Waals surface area contributed by atoms with Gasteiger partial charge < -0.3 is 9.69 Å². The van der Waals surface area contributed by atoms with Crippen LogP contribution in [-0.2, 0) is 11.2 Å². The Kier molecular flexibility index (Phi) is 14.1. The molecule has 1 aliphatic heterocycles. The molecule has 1 fully saturated rings. The average Bonchev–Trinajstić information content (AvgIpc) is 2.83. The van der Waals surface area contributed by atoms with E-state index in [1.165, 1.54) is 30.6 Å². The summed E-state index contributed by atoms with van der Waals surface area (Å²) in [5, 5.41) is 0. The van der Waals surface area contributed by atoms with E-state index >= 15 is 0 Å². The van der Waals surface area contributed by atoms with Crippen LogP contribution in [0, 0.1) is 12.8 Å². The monoisotopic (exact) mass is 311 g/mol. The standard InChI is InChI=1S/C11H14O.C6H13N.C2H6.FH/c1-9-4-3-5-11(8-9)7-6-10(2)12;1-6-3-4-7(2)5-6;1-2;/h3-5,8H,6-7H2,1-2H3;6H,3-5H2,1-2H3;1-2H3;1H/t;6-;;/m.0../s1. The van der Waals surface area contributed by atoms with E-state index in [2.05, 4.69) is 44.0 Å². The van der Waals surface area contributed by atoms with Gasteiger partial charge >= 0.3 is 0 Å². The van der Waals surface area contributed by atoms with Crippen molar-refractivity contribution in [2.75, 3.05) is 20.1 Å². The van der Waals surface area contributed by atoms with E-state index in [0.717, 1.165) is 12.3 Å². The Labute approximate surface area is 136 Å². The Morgan fingerprint density at radius 3 is 2.32 bits per heavy atom. The number of hydrogen-bond acceptors (Lipinski definition) is 2. The van der Waals surface area contributed by atoms with Crippen molar-refractivity contribution in [3.63, 3.8) is 0 Å². The minimum Gasteiger partial charge on any atom is -0.306 e. The first-order valence-electron chi connectivity index (χ1n) is 8.21. The number of nitrogens with zero attached hydrogens (tertiary/aromatic N) is 1. The maximum absolute atomic E-state index is 10.7. The zero-order chi connectivity index (χ0) is 16.3. The van der Waals surface area contributed by atoms with E-state index in [4.69, 9.17) is 0 Å². The highest BCUT2D eigenvalue weighted by Gasteiger charge is 2.13. The summed E-state index contributed by atoms with van der Waals surface area (Å²) in [6.07, 6.45) is 2.93. The second kappa shape index (κ2) is 13.4. The minimum absolute atomic E-state index is 0. The maximum Gasteiger partial charge on any atom is 0.130 e. The number of rotatable bonds is 3. The van der Waals surface area contributed by atoms with Gasteiger partial charge in [0.15, 0.2) is 0 Å². The van der Waals surface area contributed by atoms with E-state index in [1.807, 2.05) is 19.9 Å². The van der Waals surface area contributed by atoms with E-state index in [9.17, 15) is 4.79 Å². The fourth-order valence-corrected chi connectivity index (χ4v) is 2.34. The summed E-state index contributed by atoms with van der Waals surface area (Å²) in [6.45, 7) is 12.6. The number of ketones is 1. The Morgan fingerprint density at radius 1 is 1.32 bits per heavy atom. The average molecular weight is 311 g/mol. The van der Waals surface area contributed by atoms with Crippen LogP contribution >= 0.6 is 0 Å². The fraction of sp³-hybridized carbons (Fsp3) is 0.632. The molecule has 2 nitrogen and oxygen atoms in total. The molecule has 0 radical (unpaired) electrons. The van der Waals surface area contributed by atoms with Gasteiger partial charge in [0.2, 0.25) is 0 Å². The zero-order valence-corrected chi connectivity index (χ0v) is 15.2. The van der Waals surface area contributed by atoms with Gasteiger partial charge in [-0.25, -0.2) is 0 Å². The normalized spacial score (nSPS) is 16.5. The molecule has 0 saturated carbocycles. The molecule has 0 bridgehead atoms. The van der Waals surface area contributed by atoms with Crippen LogP contribution in [0.15, 0.2) is 24.3 Å². The molecule has 1 aromatic carbocycles. The lowest BCUT2D eigenvalue weighted by Crippen LogP contribution is -2.12. The van der Waals surface area contributed by atoms with Crippen molar-refractivity contribution >= 4 is 5.78 Å². The van der Waals surface area contributed by atoms with Crippen molar-refractivity contribution in [1.29, 1.82) is 0 Å². The first-order valence-corrected chi connectivity index (χ1v) is 8.21. The summed E-state index contributed by atoms with van der Waals surface area (Å²) in [7, 11) is 2.18. The van der Waals surface area contributed by atoms with Crippen LogP contribution in [-0.4, -0.2) is 30.8 Å². The van der Waals surface area contributed by atoms with Crippen LogP contribution in [0.3, 0.4) is 0 Å². The molecule has 1 aliphatic rings. The quantitative estimate of drug-likeness (QED) is 0.809. The molecule has 22 heavy (non-hydrogen) atoms. The van der Waals surface area contributed by atoms with E-state index < -0.39 is 0 Å². The molecule has 1 saturated heterocycles. The molecule has 0 aliphatic carbocycles. The lowest BCUT2D eigenvalue weighted by molar-refractivity contribution is -0.116. The predicted molar refractivity (Wildman–Crippen MR) is 95.3 cm³/mol. The largest absolute Gasteiger partial charge is 0.306 e. The van der Waals surface area contributed by atoms with Gasteiger partial charge in [0.1, 0.15) is 5.78 Å². The number of halogens is 1. The fourth-order valence-electron chi connectivity index (χ4n) is 2.34. The molecule has 1 aromatic rings. The van der Waals surface area contributed by atoms with Crippen LogP contribution in [0.5, 0.6) is 0 Å². The van der Waals surface area contributed by atoms with Crippen molar-refractivity contribution < 1.29 is 9.50 Å². The first-order chi connectivity index (χ1) is 9.97. The van der Waals surface area contributed by atoms with Gasteiger partial charge in [-0.2, -0.15) is 0 Å². The second-order valence-electron chi connectivity index (χ2n) is 5.85. The smallest absolute Gasteiger partial charge is 0.130 e. The van der Waals surface area contributed by atoms with Gasteiger partial charge in [0, 0.05) is 13.0 Å². The number of Topliss-reactive ketones (excluding diaryl/α,β-unsaturated/α-hetero) is 1. The van der Waals surface area contributed by atoms with Crippen molar-refractivity contribution in [3.05, 3.63) is 35.4 Å². The topological polar surface area (TPSA) is 20.3 Å². The van der Waals surface area contributed by atoms with Crippen LogP contribution in [0.2, 0.25) is 0 Å². The number of likely N-dealkylation sites (tertiary alicyclic amines) is 1. The van der Waals surface area contributed by atoms with E-state index in [0.29, 0.717) is 6.42 Å². The maximum atomic E-state index is 10.7. The minimum atomic E-state index is 0. The number of carbonyl (C=O) groups is 1. The molecule has 3 heteroatoms. The summed E-state index contributed by atoms with van der Waals surface area (Å²) in [6, 6.07) is 8.29. The number of hydrogen-bond donors (Lipinski definition) is 0. The molecular weight excluding hydrogens is 277 g/mol. The Balaban J connectivity index is 0. The predicted octanol–water partition coefficient (Wildman–Crippen LogP) is 4.65. The molecule has 0 amide bonds. The number of aryl methyl sites for hydroxylation is 2. The Bertz CT molecular complexity index is 398. The molecular formula is C19H34FNO. The first kappa shape index (κ1) is 23.1. The highest BCUT2D eigenvalue weighted by molar-refractivity contribution is 5.75. The van der Waals surface area contributed by atoms with Crippen LogP contribution in [0.4, 0.5) is 4.70 Å². The molecule has 0 spiro atoms. The third-order valence-corrected chi connectivity index (χ3v) is 3.48. The summed E-state index contributed by atoms with van der Waals surface area (Å²) in [5.74, 6) is 1.21. The van der Waals surface area contributed by atoms with Crippen molar-refractivity contribution in [2.24, 2.45) is 5.92 Å². The zero-order valence-electron chi connectivity index (χ0n) is 15.2. The summed E-state index contributed by atoms with van der Waals surface area (Å²) in [4.78, 5) is 13.1. The lowest BCUT2D eigenvalue weighted by Gasteiger charge is -2.03. The summed E-state index contributed by atoms with van der Waals surface area (Å²) in [5.41, 5.74) is 2.52. The van der Waals surface area contributed by atoms with Crippen molar-refractivity contribution in [1.82, 2.24) is 4.90 Å². The second-order valence-corrected chi connectivity index (χ2v) is 5.85. The highest BCUT2D eigenvalue weighted by Crippen LogP contribution is 2.11. The molecule has 0 N–H and O–H groups in total. The molecule has 0 aromatic heterocycles. The van der Waals surface area contributed by atoms with Gasteiger partial charge in [-0.05, 0) is 51.8 Å². The van der Waals surface area contributed by atoms with Gasteiger partial charge in [-0.15, -0.1) is 0 Å². The van der Waals surface area contributed by atoms with Gasteiger partial charge in [-0.3, -0.25) is 4.70 Å². The summed E-state index contributed by atoms with van der Waals surface area (Å²) < 4.78 is 0. The van der Waals surface area contributed by atoms with Gasteiger partial charge in [0.05, 0.1) is 0 Å².